The predicted molar refractivity (Wildman–Crippen MR) is 139 cm³/mol. The van der Waals surface area contributed by atoms with Gasteiger partial charge in [-0.1, -0.05) is 26.0 Å². The minimum absolute atomic E-state index is 0.0705. The Labute approximate surface area is 207 Å². The lowest BCUT2D eigenvalue weighted by atomic mass is 9.68. The highest BCUT2D eigenvalue weighted by Crippen LogP contribution is 2.47. The van der Waals surface area contributed by atoms with E-state index in [4.69, 9.17) is 0 Å². The fourth-order valence-corrected chi connectivity index (χ4v) is 5.27. The molecular formula is C29H34FN3O2. The number of Topliss-reactive ketones (excluding diaryl/α,β-unsaturated/α-hetero) is 1. The molecule has 0 saturated carbocycles. The molecule has 0 aromatic heterocycles. The largest absolute Gasteiger partial charge is 0.372 e. The molecular weight excluding hydrogens is 441 g/mol. The molecule has 184 valence electrons. The highest BCUT2D eigenvalue weighted by atomic mass is 19.1. The molecule has 0 bridgehead atoms. The van der Waals surface area contributed by atoms with Crippen LogP contribution in [0.5, 0.6) is 0 Å². The predicted octanol–water partition coefficient (Wildman–Crippen LogP) is 5.91. The summed E-state index contributed by atoms with van der Waals surface area (Å²) in [7, 11) is 0. The number of anilines is 2. The molecule has 1 atom stereocenters. The molecule has 1 heterocycles. The number of benzene rings is 2. The Balaban J connectivity index is 1.78. The van der Waals surface area contributed by atoms with Crippen molar-refractivity contribution in [2.24, 2.45) is 5.41 Å². The summed E-state index contributed by atoms with van der Waals surface area (Å²) < 4.78 is 13.4. The topological polar surface area (TPSA) is 61.4 Å². The SMILES string of the molecule is CCN(CC)c1ccc([C@H]2C(C(=O)Nc3ccc(F)cc3)=C(C)NC3=C2C(=O)CC(C)(C)C3)cc1. The zero-order chi connectivity index (χ0) is 25.3. The molecule has 2 N–H and O–H groups in total. The lowest BCUT2D eigenvalue weighted by molar-refractivity contribution is -0.118. The van der Waals surface area contributed by atoms with Gasteiger partial charge in [0.1, 0.15) is 5.82 Å². The van der Waals surface area contributed by atoms with Gasteiger partial charge >= 0.3 is 0 Å². The smallest absolute Gasteiger partial charge is 0.254 e. The summed E-state index contributed by atoms with van der Waals surface area (Å²) in [5.41, 5.74) is 5.19. The molecule has 0 saturated heterocycles. The van der Waals surface area contributed by atoms with Crippen LogP contribution in [0.4, 0.5) is 15.8 Å². The van der Waals surface area contributed by atoms with Crippen molar-refractivity contribution >= 4 is 23.1 Å². The second-order valence-electron chi connectivity index (χ2n) is 10.2. The summed E-state index contributed by atoms with van der Waals surface area (Å²) in [6.45, 7) is 12.1. The van der Waals surface area contributed by atoms with Crippen LogP contribution in [0.3, 0.4) is 0 Å². The summed E-state index contributed by atoms with van der Waals surface area (Å²) in [4.78, 5) is 29.3. The van der Waals surface area contributed by atoms with Crippen LogP contribution in [-0.2, 0) is 9.59 Å². The van der Waals surface area contributed by atoms with Crippen molar-refractivity contribution in [2.75, 3.05) is 23.3 Å². The maximum Gasteiger partial charge on any atom is 0.254 e. The lowest BCUT2D eigenvalue weighted by Crippen LogP contribution is -2.39. The Hall–Kier alpha value is -3.41. The number of carbonyl (C=O) groups is 2. The Morgan fingerprint density at radius 3 is 2.29 bits per heavy atom. The molecule has 0 radical (unpaired) electrons. The van der Waals surface area contributed by atoms with Crippen LogP contribution in [0.25, 0.3) is 0 Å². The van der Waals surface area contributed by atoms with E-state index >= 15 is 0 Å². The zero-order valence-electron chi connectivity index (χ0n) is 21.2. The van der Waals surface area contributed by atoms with Gasteiger partial charge in [0.05, 0.1) is 0 Å². The van der Waals surface area contributed by atoms with E-state index in [1.165, 1.54) is 24.3 Å². The third-order valence-electron chi connectivity index (χ3n) is 6.94. The van der Waals surface area contributed by atoms with E-state index in [2.05, 4.69) is 55.4 Å². The fourth-order valence-electron chi connectivity index (χ4n) is 5.27. The number of allylic oxidation sites excluding steroid dienone is 3. The second-order valence-corrected chi connectivity index (χ2v) is 10.2. The van der Waals surface area contributed by atoms with Crippen LogP contribution >= 0.6 is 0 Å². The Morgan fingerprint density at radius 1 is 1.06 bits per heavy atom. The molecule has 2 aromatic carbocycles. The van der Waals surface area contributed by atoms with Crippen molar-refractivity contribution in [3.8, 4) is 0 Å². The average molecular weight is 476 g/mol. The van der Waals surface area contributed by atoms with E-state index in [9.17, 15) is 14.0 Å². The molecule has 0 fully saturated rings. The molecule has 5 nitrogen and oxygen atoms in total. The van der Waals surface area contributed by atoms with Crippen molar-refractivity contribution in [3.63, 3.8) is 0 Å². The van der Waals surface area contributed by atoms with Crippen LogP contribution in [0.1, 0.15) is 58.9 Å². The normalized spacial score (nSPS) is 19.3. The molecule has 4 rings (SSSR count). The molecule has 0 unspecified atom stereocenters. The monoisotopic (exact) mass is 475 g/mol. The van der Waals surface area contributed by atoms with Gasteiger partial charge in [-0.05, 0) is 74.6 Å². The number of hydrogen-bond donors (Lipinski definition) is 2. The molecule has 6 heteroatoms. The number of halogens is 1. The fraction of sp³-hybridized carbons (Fsp3) is 0.379. The van der Waals surface area contributed by atoms with Crippen LogP contribution < -0.4 is 15.5 Å². The number of nitrogens with one attached hydrogen (secondary N) is 2. The van der Waals surface area contributed by atoms with E-state index < -0.39 is 5.92 Å². The van der Waals surface area contributed by atoms with E-state index in [1.807, 2.05) is 19.1 Å². The molecule has 1 aliphatic carbocycles. The highest BCUT2D eigenvalue weighted by Gasteiger charge is 2.42. The Bertz CT molecular complexity index is 1190. The molecule has 0 spiro atoms. The van der Waals surface area contributed by atoms with Crippen molar-refractivity contribution in [3.05, 3.63) is 82.5 Å². The van der Waals surface area contributed by atoms with Gasteiger partial charge in [-0.25, -0.2) is 4.39 Å². The van der Waals surface area contributed by atoms with Gasteiger partial charge in [-0.2, -0.15) is 0 Å². The number of hydrogen-bond acceptors (Lipinski definition) is 4. The summed E-state index contributed by atoms with van der Waals surface area (Å²) in [5, 5.41) is 6.29. The van der Waals surface area contributed by atoms with Gasteiger partial charge < -0.3 is 15.5 Å². The maximum atomic E-state index is 13.6. The van der Waals surface area contributed by atoms with Gasteiger partial charge in [0.15, 0.2) is 5.78 Å². The first-order valence-electron chi connectivity index (χ1n) is 12.3. The summed E-state index contributed by atoms with van der Waals surface area (Å²) >= 11 is 0. The van der Waals surface area contributed by atoms with E-state index in [0.717, 1.165) is 42.2 Å². The first-order valence-corrected chi connectivity index (χ1v) is 12.3. The number of dihydropyridines is 1. The van der Waals surface area contributed by atoms with Crippen LogP contribution in [0.15, 0.2) is 71.1 Å². The highest BCUT2D eigenvalue weighted by molar-refractivity contribution is 6.10. The zero-order valence-corrected chi connectivity index (χ0v) is 21.2. The summed E-state index contributed by atoms with van der Waals surface area (Å²) in [6.07, 6.45) is 1.18. The number of nitrogens with zero attached hydrogens (tertiary/aromatic N) is 1. The minimum Gasteiger partial charge on any atom is -0.372 e. The number of carbonyl (C=O) groups excluding carboxylic acids is 2. The van der Waals surface area contributed by atoms with Gasteiger partial charge in [0.2, 0.25) is 0 Å². The molecule has 2 aliphatic rings. The van der Waals surface area contributed by atoms with E-state index in [-0.39, 0.29) is 22.9 Å². The van der Waals surface area contributed by atoms with Gasteiger partial charge in [0.25, 0.3) is 5.91 Å². The van der Waals surface area contributed by atoms with Gasteiger partial charge in [0, 0.05) is 59.3 Å². The van der Waals surface area contributed by atoms with Crippen molar-refractivity contribution in [2.45, 2.75) is 53.4 Å². The second kappa shape index (κ2) is 9.68. The molecule has 1 aliphatic heterocycles. The minimum atomic E-state index is -0.471. The van der Waals surface area contributed by atoms with Crippen LogP contribution in [0, 0.1) is 11.2 Å². The van der Waals surface area contributed by atoms with Gasteiger partial charge in [-0.3, -0.25) is 9.59 Å². The van der Waals surface area contributed by atoms with Crippen molar-refractivity contribution < 1.29 is 14.0 Å². The average Bonchev–Trinajstić information content (AvgIpc) is 2.80. The van der Waals surface area contributed by atoms with E-state index in [1.54, 1.807) is 0 Å². The summed E-state index contributed by atoms with van der Waals surface area (Å²) in [5.74, 6) is -1.07. The Morgan fingerprint density at radius 2 is 1.69 bits per heavy atom. The number of rotatable bonds is 6. The lowest BCUT2D eigenvalue weighted by Gasteiger charge is -2.39. The third kappa shape index (κ3) is 5.02. The third-order valence-corrected chi connectivity index (χ3v) is 6.94. The first kappa shape index (κ1) is 24.7. The first-order chi connectivity index (χ1) is 16.6. The standard InChI is InChI=1S/C29H34FN3O2/c1-6-33(7-2)22-14-8-19(9-15-22)26-25(28(35)32-21-12-10-20(30)11-13-21)18(3)31-23-16-29(4,5)17-24(34)27(23)26/h8-15,26,31H,6-7,16-17H2,1-5H3,(H,32,35)/t26-/m0/s1. The van der Waals surface area contributed by atoms with Crippen LogP contribution in [0.2, 0.25) is 0 Å². The molecule has 2 aromatic rings. The molecule has 1 amide bonds. The molecule has 35 heavy (non-hydrogen) atoms. The quantitative estimate of drug-likeness (QED) is 0.545. The Kier molecular flexibility index (Phi) is 6.84. The number of amides is 1. The van der Waals surface area contributed by atoms with Gasteiger partial charge in [-0.15, -0.1) is 0 Å². The van der Waals surface area contributed by atoms with E-state index in [0.29, 0.717) is 23.3 Å². The number of ketones is 1. The van der Waals surface area contributed by atoms with Crippen molar-refractivity contribution in [1.82, 2.24) is 5.32 Å². The summed E-state index contributed by atoms with van der Waals surface area (Å²) in [6, 6.07) is 13.9. The van der Waals surface area contributed by atoms with Crippen molar-refractivity contribution in [1.29, 1.82) is 0 Å². The maximum absolute atomic E-state index is 13.6. The van der Waals surface area contributed by atoms with Crippen LogP contribution in [-0.4, -0.2) is 24.8 Å².